The highest BCUT2D eigenvalue weighted by Crippen LogP contribution is 2.34. The largest absolute Gasteiger partial charge is 0.508 e. The van der Waals surface area contributed by atoms with E-state index in [0.717, 1.165) is 42.4 Å². The van der Waals surface area contributed by atoms with E-state index >= 15 is 0 Å². The van der Waals surface area contributed by atoms with Crippen LogP contribution in [-0.4, -0.2) is 41.1 Å². The number of para-hydroxylation sites is 1. The summed E-state index contributed by atoms with van der Waals surface area (Å²) in [6.45, 7) is 1.75. The van der Waals surface area contributed by atoms with Gasteiger partial charge in [-0.1, -0.05) is 24.3 Å². The average molecular weight is 363 g/mol. The zero-order valence-corrected chi connectivity index (χ0v) is 15.8. The minimum Gasteiger partial charge on any atom is -0.508 e. The summed E-state index contributed by atoms with van der Waals surface area (Å²) in [6, 6.07) is 13.4. The molecule has 1 heterocycles. The summed E-state index contributed by atoms with van der Waals surface area (Å²) in [7, 11) is 4.10. The molecule has 0 spiro atoms. The minimum absolute atomic E-state index is 0.0523. The van der Waals surface area contributed by atoms with E-state index in [9.17, 15) is 9.90 Å². The monoisotopic (exact) mass is 363 g/mol. The molecule has 2 aromatic carbocycles. The van der Waals surface area contributed by atoms with Crippen molar-refractivity contribution >= 4 is 16.8 Å². The molecule has 1 unspecified atom stereocenters. The molecule has 2 N–H and O–H groups in total. The Balaban J connectivity index is 1.61. The van der Waals surface area contributed by atoms with Gasteiger partial charge < -0.3 is 19.9 Å². The van der Waals surface area contributed by atoms with Gasteiger partial charge in [-0.2, -0.15) is 0 Å². The topological polar surface area (TPSA) is 57.5 Å². The lowest BCUT2D eigenvalue weighted by Crippen LogP contribution is -2.27. The normalized spacial score (nSPS) is 16.0. The standard InChI is InChI=1S/C22H25N3O2/c1-24(2)11-12-25-14-19(17-5-3-4-6-21(17)25)22(27)23-20-10-8-15-7-9-16(26)13-18(15)20/h3-7,9,13-14,20,26H,8,10-12H2,1-2H3,(H,23,27). The predicted molar refractivity (Wildman–Crippen MR) is 107 cm³/mol. The summed E-state index contributed by atoms with van der Waals surface area (Å²) in [4.78, 5) is 15.2. The van der Waals surface area contributed by atoms with Crippen molar-refractivity contribution in [3.8, 4) is 5.75 Å². The molecule has 1 aliphatic carbocycles. The number of rotatable bonds is 5. The molecular weight excluding hydrogens is 338 g/mol. The maximum atomic E-state index is 13.1. The van der Waals surface area contributed by atoms with Crippen LogP contribution in [0.2, 0.25) is 0 Å². The first kappa shape index (κ1) is 17.6. The molecular formula is C22H25N3O2. The second kappa shape index (κ2) is 7.08. The lowest BCUT2D eigenvalue weighted by molar-refractivity contribution is 0.0938. The Hall–Kier alpha value is -2.79. The van der Waals surface area contributed by atoms with E-state index in [1.54, 1.807) is 12.1 Å². The Morgan fingerprint density at radius 1 is 1.26 bits per heavy atom. The predicted octanol–water partition coefficient (Wildman–Crippen LogP) is 3.33. The van der Waals surface area contributed by atoms with Gasteiger partial charge in [0.2, 0.25) is 0 Å². The lowest BCUT2D eigenvalue weighted by atomic mass is 10.1. The summed E-state index contributed by atoms with van der Waals surface area (Å²) in [6.07, 6.45) is 3.75. The average Bonchev–Trinajstić information content (AvgIpc) is 3.21. The van der Waals surface area contributed by atoms with Gasteiger partial charge in [0, 0.05) is 30.2 Å². The van der Waals surface area contributed by atoms with Crippen molar-refractivity contribution in [2.45, 2.75) is 25.4 Å². The second-order valence-electron chi connectivity index (χ2n) is 7.50. The summed E-state index contributed by atoms with van der Waals surface area (Å²) in [5, 5.41) is 13.9. The Morgan fingerprint density at radius 3 is 2.89 bits per heavy atom. The number of carbonyl (C=O) groups is 1. The van der Waals surface area contributed by atoms with Gasteiger partial charge in [-0.3, -0.25) is 4.79 Å². The van der Waals surface area contributed by atoms with E-state index in [2.05, 4.69) is 20.9 Å². The van der Waals surface area contributed by atoms with E-state index < -0.39 is 0 Å². The van der Waals surface area contributed by atoms with Crippen molar-refractivity contribution in [3.05, 3.63) is 65.4 Å². The number of aromatic hydroxyl groups is 1. The number of aryl methyl sites for hydroxylation is 1. The van der Waals surface area contributed by atoms with E-state index in [4.69, 9.17) is 0 Å². The van der Waals surface area contributed by atoms with Crippen LogP contribution in [0.5, 0.6) is 5.75 Å². The number of phenols is 1. The highest BCUT2D eigenvalue weighted by atomic mass is 16.3. The number of amides is 1. The molecule has 0 aliphatic heterocycles. The number of hydrogen-bond acceptors (Lipinski definition) is 3. The first-order valence-electron chi connectivity index (χ1n) is 9.38. The minimum atomic E-state index is -0.0593. The number of carbonyl (C=O) groups excluding carboxylic acids is 1. The number of aromatic nitrogens is 1. The quantitative estimate of drug-likeness (QED) is 0.731. The van der Waals surface area contributed by atoms with Crippen molar-refractivity contribution in [1.82, 2.24) is 14.8 Å². The molecule has 1 aromatic heterocycles. The van der Waals surface area contributed by atoms with Crippen LogP contribution in [0.15, 0.2) is 48.7 Å². The first-order valence-corrected chi connectivity index (χ1v) is 9.38. The Kier molecular flexibility index (Phi) is 4.62. The zero-order valence-electron chi connectivity index (χ0n) is 15.8. The van der Waals surface area contributed by atoms with Crippen molar-refractivity contribution in [2.75, 3.05) is 20.6 Å². The molecule has 0 saturated heterocycles. The molecule has 27 heavy (non-hydrogen) atoms. The fraction of sp³-hybridized carbons (Fsp3) is 0.318. The third-order valence-corrected chi connectivity index (χ3v) is 5.33. The summed E-state index contributed by atoms with van der Waals surface area (Å²) in [5.41, 5.74) is 4.01. The second-order valence-corrected chi connectivity index (χ2v) is 7.50. The van der Waals surface area contributed by atoms with E-state index in [0.29, 0.717) is 5.56 Å². The highest BCUT2D eigenvalue weighted by Gasteiger charge is 2.26. The van der Waals surface area contributed by atoms with Gasteiger partial charge in [-0.05, 0) is 56.3 Å². The fourth-order valence-corrected chi connectivity index (χ4v) is 3.90. The van der Waals surface area contributed by atoms with Crippen LogP contribution < -0.4 is 5.32 Å². The van der Waals surface area contributed by atoms with E-state index in [1.165, 1.54) is 5.56 Å². The van der Waals surface area contributed by atoms with Gasteiger partial charge >= 0.3 is 0 Å². The summed E-state index contributed by atoms with van der Waals surface area (Å²) >= 11 is 0. The number of nitrogens with zero attached hydrogens (tertiary/aromatic N) is 2. The molecule has 1 aliphatic rings. The van der Waals surface area contributed by atoms with E-state index in [1.807, 2.05) is 44.6 Å². The van der Waals surface area contributed by atoms with Crippen molar-refractivity contribution in [3.63, 3.8) is 0 Å². The first-order chi connectivity index (χ1) is 13.0. The molecule has 1 atom stereocenters. The van der Waals surface area contributed by atoms with Crippen LogP contribution in [0.25, 0.3) is 10.9 Å². The maximum Gasteiger partial charge on any atom is 0.253 e. The molecule has 0 saturated carbocycles. The molecule has 5 nitrogen and oxygen atoms in total. The molecule has 4 rings (SSSR count). The van der Waals surface area contributed by atoms with Gasteiger partial charge in [-0.15, -0.1) is 0 Å². The van der Waals surface area contributed by atoms with Crippen LogP contribution in [0.1, 0.15) is 33.9 Å². The van der Waals surface area contributed by atoms with Crippen molar-refractivity contribution in [2.24, 2.45) is 0 Å². The zero-order chi connectivity index (χ0) is 19.0. The molecule has 0 bridgehead atoms. The number of hydrogen-bond donors (Lipinski definition) is 2. The highest BCUT2D eigenvalue weighted by molar-refractivity contribution is 6.07. The third-order valence-electron chi connectivity index (χ3n) is 5.33. The summed E-state index contributed by atoms with van der Waals surface area (Å²) in [5.74, 6) is 0.186. The van der Waals surface area contributed by atoms with Gasteiger partial charge in [0.1, 0.15) is 5.75 Å². The number of likely N-dealkylation sites (N-methyl/N-ethyl adjacent to an activating group) is 1. The molecule has 3 aromatic rings. The Bertz CT molecular complexity index is 990. The molecule has 1 amide bonds. The number of nitrogens with one attached hydrogen (secondary N) is 1. The lowest BCUT2D eigenvalue weighted by Gasteiger charge is -2.14. The number of phenolic OH excluding ortho intramolecular Hbond substituents is 1. The number of fused-ring (bicyclic) bond motifs is 2. The van der Waals surface area contributed by atoms with Crippen LogP contribution in [0.3, 0.4) is 0 Å². The maximum absolute atomic E-state index is 13.1. The Labute approximate surface area is 159 Å². The van der Waals surface area contributed by atoms with Crippen molar-refractivity contribution < 1.29 is 9.90 Å². The van der Waals surface area contributed by atoms with Gasteiger partial charge in [0.05, 0.1) is 11.6 Å². The van der Waals surface area contributed by atoms with Crippen LogP contribution >= 0.6 is 0 Å². The van der Waals surface area contributed by atoms with Crippen LogP contribution in [0.4, 0.5) is 0 Å². The van der Waals surface area contributed by atoms with Gasteiger partial charge in [0.25, 0.3) is 5.91 Å². The van der Waals surface area contributed by atoms with Crippen LogP contribution in [-0.2, 0) is 13.0 Å². The van der Waals surface area contributed by atoms with Crippen molar-refractivity contribution in [1.29, 1.82) is 0 Å². The number of benzene rings is 2. The van der Waals surface area contributed by atoms with E-state index in [-0.39, 0.29) is 17.7 Å². The Morgan fingerprint density at radius 2 is 2.07 bits per heavy atom. The fourth-order valence-electron chi connectivity index (χ4n) is 3.90. The molecule has 0 radical (unpaired) electrons. The molecule has 140 valence electrons. The summed E-state index contributed by atoms with van der Waals surface area (Å²) < 4.78 is 2.15. The van der Waals surface area contributed by atoms with Crippen LogP contribution in [0, 0.1) is 0 Å². The SMILES string of the molecule is CN(C)CCn1cc(C(=O)NC2CCc3ccc(O)cc32)c2ccccc21. The third kappa shape index (κ3) is 3.43. The molecule has 5 heteroatoms. The molecule has 0 fully saturated rings. The smallest absolute Gasteiger partial charge is 0.253 e. The van der Waals surface area contributed by atoms with Gasteiger partial charge in [-0.25, -0.2) is 0 Å². The van der Waals surface area contributed by atoms with Gasteiger partial charge in [0.15, 0.2) is 0 Å².